The molecule has 2 rings (SSSR count). The number of tetrazole rings is 1. The highest BCUT2D eigenvalue weighted by molar-refractivity contribution is 9.10. The van der Waals surface area contributed by atoms with Gasteiger partial charge in [-0.3, -0.25) is 0 Å². The van der Waals surface area contributed by atoms with Crippen LogP contribution in [0.25, 0.3) is 0 Å². The Morgan fingerprint density at radius 2 is 2.31 bits per heavy atom. The summed E-state index contributed by atoms with van der Waals surface area (Å²) in [7, 11) is 0. The van der Waals surface area contributed by atoms with Gasteiger partial charge in [-0.2, -0.15) is 0 Å². The van der Waals surface area contributed by atoms with E-state index in [1.807, 2.05) is 18.2 Å². The predicted octanol–water partition coefficient (Wildman–Crippen LogP) is 0.879. The molecule has 0 aliphatic carbocycles. The molecule has 0 amide bonds. The molecule has 0 saturated carbocycles. The number of aromatic nitrogens is 5. The van der Waals surface area contributed by atoms with Gasteiger partial charge in [-0.1, -0.05) is 6.07 Å². The lowest BCUT2D eigenvalue weighted by Crippen LogP contribution is -2.02. The van der Waals surface area contributed by atoms with Crippen LogP contribution in [0.4, 0.5) is 0 Å². The second-order valence-corrected chi connectivity index (χ2v) is 3.27. The molecule has 2 aromatic rings. The minimum Gasteiger partial charge on any atom is -0.244 e. The molecule has 0 unspecified atom stereocenters. The molecule has 0 N–H and O–H groups in total. The number of halogens is 1. The molecule has 0 atom stereocenters. The summed E-state index contributed by atoms with van der Waals surface area (Å²) in [6, 6.07) is 5.73. The lowest BCUT2D eigenvalue weighted by atomic mass is 10.3. The zero-order valence-corrected chi connectivity index (χ0v) is 8.22. The van der Waals surface area contributed by atoms with Crippen LogP contribution in [0.5, 0.6) is 0 Å². The highest BCUT2D eigenvalue weighted by Crippen LogP contribution is 2.06. The highest BCUT2D eigenvalue weighted by atomic mass is 79.9. The summed E-state index contributed by atoms with van der Waals surface area (Å²) in [5.41, 5.74) is 0.918. The molecule has 0 aliphatic heterocycles. The zero-order valence-electron chi connectivity index (χ0n) is 6.63. The SMILES string of the molecule is Brc1cccc(Cn2cnnn2)n1. The number of pyridine rings is 1. The van der Waals surface area contributed by atoms with E-state index in [0.29, 0.717) is 6.54 Å². The monoisotopic (exact) mass is 239 g/mol. The van der Waals surface area contributed by atoms with Crippen molar-refractivity contribution in [1.82, 2.24) is 25.2 Å². The van der Waals surface area contributed by atoms with Crippen LogP contribution in [0.2, 0.25) is 0 Å². The van der Waals surface area contributed by atoms with Crippen LogP contribution < -0.4 is 0 Å². The second kappa shape index (κ2) is 3.61. The lowest BCUT2D eigenvalue weighted by molar-refractivity contribution is 0.636. The van der Waals surface area contributed by atoms with E-state index in [4.69, 9.17) is 0 Å². The third kappa shape index (κ3) is 2.09. The largest absolute Gasteiger partial charge is 0.244 e. The van der Waals surface area contributed by atoms with Crippen LogP contribution in [-0.2, 0) is 6.54 Å². The fraction of sp³-hybridized carbons (Fsp3) is 0.143. The molecule has 0 bridgehead atoms. The smallest absolute Gasteiger partial charge is 0.138 e. The van der Waals surface area contributed by atoms with Crippen molar-refractivity contribution >= 4 is 15.9 Å². The van der Waals surface area contributed by atoms with Crippen molar-refractivity contribution in [2.75, 3.05) is 0 Å². The molecule has 0 aromatic carbocycles. The Morgan fingerprint density at radius 1 is 1.38 bits per heavy atom. The maximum atomic E-state index is 4.25. The molecule has 5 nitrogen and oxygen atoms in total. The first kappa shape index (κ1) is 8.31. The van der Waals surface area contributed by atoms with Gasteiger partial charge in [0.05, 0.1) is 12.2 Å². The van der Waals surface area contributed by atoms with E-state index < -0.39 is 0 Å². The molecule has 0 fully saturated rings. The summed E-state index contributed by atoms with van der Waals surface area (Å²) in [5, 5.41) is 10.8. The second-order valence-electron chi connectivity index (χ2n) is 2.46. The van der Waals surface area contributed by atoms with Crippen LogP contribution in [0, 0.1) is 0 Å². The summed E-state index contributed by atoms with van der Waals surface area (Å²) in [6.07, 6.45) is 1.56. The first-order chi connectivity index (χ1) is 6.34. The van der Waals surface area contributed by atoms with Crippen LogP contribution >= 0.6 is 15.9 Å². The summed E-state index contributed by atoms with van der Waals surface area (Å²) >= 11 is 3.29. The molecule has 2 aromatic heterocycles. The van der Waals surface area contributed by atoms with Crippen molar-refractivity contribution in [3.63, 3.8) is 0 Å². The molecule has 0 saturated heterocycles. The average molecular weight is 240 g/mol. The molecule has 2 heterocycles. The Kier molecular flexibility index (Phi) is 2.31. The van der Waals surface area contributed by atoms with E-state index in [1.165, 1.54) is 0 Å². The Hall–Kier alpha value is -1.30. The maximum absolute atomic E-state index is 4.25. The Balaban J connectivity index is 2.19. The van der Waals surface area contributed by atoms with Crippen molar-refractivity contribution in [3.05, 3.63) is 34.8 Å². The standard InChI is InChI=1S/C7H6BrN5/c8-7-3-1-2-6(10-7)4-13-5-9-11-12-13/h1-3,5H,4H2. The minimum absolute atomic E-state index is 0.590. The van der Waals surface area contributed by atoms with E-state index in [-0.39, 0.29) is 0 Å². The number of hydrogen-bond acceptors (Lipinski definition) is 4. The molecule has 0 aliphatic rings. The summed E-state index contributed by atoms with van der Waals surface area (Å²) < 4.78 is 2.44. The fourth-order valence-corrected chi connectivity index (χ4v) is 1.34. The lowest BCUT2D eigenvalue weighted by Gasteiger charge is -1.98. The Bertz CT molecular complexity index is 386. The van der Waals surface area contributed by atoms with E-state index in [2.05, 4.69) is 36.4 Å². The van der Waals surface area contributed by atoms with Gasteiger partial charge in [-0.15, -0.1) is 5.10 Å². The molecule has 0 radical (unpaired) electrons. The third-order valence-corrected chi connectivity index (χ3v) is 1.93. The molecule has 0 spiro atoms. The van der Waals surface area contributed by atoms with Gasteiger partial charge >= 0.3 is 0 Å². The van der Waals surface area contributed by atoms with Gasteiger partial charge in [0.2, 0.25) is 0 Å². The quantitative estimate of drug-likeness (QED) is 0.731. The van der Waals surface area contributed by atoms with Crippen LogP contribution in [-0.4, -0.2) is 25.2 Å². The van der Waals surface area contributed by atoms with Gasteiger partial charge in [-0.05, 0) is 38.5 Å². The summed E-state index contributed by atoms with van der Waals surface area (Å²) in [5.74, 6) is 0. The topological polar surface area (TPSA) is 56.5 Å². The average Bonchev–Trinajstić information content (AvgIpc) is 2.57. The first-order valence-electron chi connectivity index (χ1n) is 3.67. The maximum Gasteiger partial charge on any atom is 0.138 e. The van der Waals surface area contributed by atoms with Gasteiger partial charge in [0, 0.05) is 0 Å². The van der Waals surface area contributed by atoms with Crippen LogP contribution in [0.1, 0.15) is 5.69 Å². The number of nitrogens with zero attached hydrogens (tertiary/aromatic N) is 5. The van der Waals surface area contributed by atoms with E-state index in [0.717, 1.165) is 10.3 Å². The fourth-order valence-electron chi connectivity index (χ4n) is 0.957. The number of hydrogen-bond donors (Lipinski definition) is 0. The molecular formula is C7H6BrN5. The number of rotatable bonds is 2. The molecular weight excluding hydrogens is 234 g/mol. The normalized spacial score (nSPS) is 10.2. The first-order valence-corrected chi connectivity index (χ1v) is 4.46. The van der Waals surface area contributed by atoms with E-state index in [9.17, 15) is 0 Å². The van der Waals surface area contributed by atoms with Crippen molar-refractivity contribution in [2.24, 2.45) is 0 Å². The van der Waals surface area contributed by atoms with Gasteiger partial charge in [0.1, 0.15) is 10.9 Å². The van der Waals surface area contributed by atoms with Crippen LogP contribution in [0.15, 0.2) is 29.1 Å². The van der Waals surface area contributed by atoms with Crippen molar-refractivity contribution in [3.8, 4) is 0 Å². The predicted molar refractivity (Wildman–Crippen MR) is 48.9 cm³/mol. The summed E-state index contributed by atoms with van der Waals surface area (Å²) in [6.45, 7) is 0.590. The van der Waals surface area contributed by atoms with Gasteiger partial charge < -0.3 is 0 Å². The Labute approximate surface area is 82.9 Å². The zero-order chi connectivity index (χ0) is 9.10. The van der Waals surface area contributed by atoms with E-state index in [1.54, 1.807) is 11.0 Å². The van der Waals surface area contributed by atoms with Crippen molar-refractivity contribution in [1.29, 1.82) is 0 Å². The van der Waals surface area contributed by atoms with Gasteiger partial charge in [0.25, 0.3) is 0 Å². The molecule has 66 valence electrons. The van der Waals surface area contributed by atoms with E-state index >= 15 is 0 Å². The van der Waals surface area contributed by atoms with Gasteiger partial charge in [0.15, 0.2) is 0 Å². The molecule has 6 heteroatoms. The van der Waals surface area contributed by atoms with Gasteiger partial charge in [-0.25, -0.2) is 9.67 Å². The molecule has 13 heavy (non-hydrogen) atoms. The Morgan fingerprint density at radius 3 is 3.00 bits per heavy atom. The van der Waals surface area contributed by atoms with Crippen molar-refractivity contribution < 1.29 is 0 Å². The third-order valence-electron chi connectivity index (χ3n) is 1.49. The van der Waals surface area contributed by atoms with Crippen molar-refractivity contribution in [2.45, 2.75) is 6.54 Å². The summed E-state index contributed by atoms with van der Waals surface area (Å²) in [4.78, 5) is 4.25. The minimum atomic E-state index is 0.590. The van der Waals surface area contributed by atoms with Crippen LogP contribution in [0.3, 0.4) is 0 Å². The highest BCUT2D eigenvalue weighted by Gasteiger charge is 1.97.